The number of hydrogen-bond acceptors (Lipinski definition) is 2. The van der Waals surface area contributed by atoms with Crippen molar-refractivity contribution in [2.24, 2.45) is 5.11 Å². The van der Waals surface area contributed by atoms with Gasteiger partial charge in [0.05, 0.1) is 12.2 Å². The lowest BCUT2D eigenvalue weighted by Gasteiger charge is -2.27. The molecule has 0 spiro atoms. The molecular weight excluding hydrogens is 158 g/mol. The number of hydrogen-bond donors (Lipinski definition) is 0. The van der Waals surface area contributed by atoms with Gasteiger partial charge in [-0.3, -0.25) is 0 Å². The molecule has 0 atom stereocenters. The van der Waals surface area contributed by atoms with Gasteiger partial charge in [0.1, 0.15) is 0 Å². The predicted octanol–water partition coefficient (Wildman–Crippen LogP) is 1.14. The number of carbonyl (C=O) groups is 1. The number of nitrogens with zero attached hydrogens (tertiary/aromatic N) is 5. The summed E-state index contributed by atoms with van der Waals surface area (Å²) in [7, 11) is 3.27. The van der Waals surface area contributed by atoms with Crippen molar-refractivity contribution < 1.29 is 4.79 Å². The van der Waals surface area contributed by atoms with Gasteiger partial charge >= 0.3 is 6.03 Å². The van der Waals surface area contributed by atoms with E-state index in [9.17, 15) is 4.79 Å². The fraction of sp³-hybridized carbons (Fsp3) is 0.500. The van der Waals surface area contributed by atoms with E-state index in [4.69, 9.17) is 5.53 Å². The van der Waals surface area contributed by atoms with Crippen molar-refractivity contribution in [3.8, 4) is 0 Å². The maximum Gasteiger partial charge on any atom is 0.323 e. The van der Waals surface area contributed by atoms with E-state index in [2.05, 4.69) is 10.0 Å². The van der Waals surface area contributed by atoms with Crippen LogP contribution in [0, 0.1) is 0 Å². The van der Waals surface area contributed by atoms with E-state index in [-0.39, 0.29) is 6.03 Å². The first-order valence-corrected chi connectivity index (χ1v) is 3.39. The first kappa shape index (κ1) is 8.42. The maximum absolute atomic E-state index is 11.1. The van der Waals surface area contributed by atoms with Crippen LogP contribution in [0.2, 0.25) is 0 Å². The van der Waals surface area contributed by atoms with Crippen LogP contribution in [0.1, 0.15) is 0 Å². The predicted molar refractivity (Wildman–Crippen MR) is 43.0 cm³/mol. The van der Waals surface area contributed by atoms with Gasteiger partial charge in [-0.2, -0.15) is 0 Å². The van der Waals surface area contributed by atoms with E-state index in [1.165, 1.54) is 16.0 Å². The minimum absolute atomic E-state index is 0.105. The molecule has 0 saturated carbocycles. The topological polar surface area (TPSA) is 72.3 Å². The van der Waals surface area contributed by atoms with Gasteiger partial charge in [0.15, 0.2) is 0 Å². The summed E-state index contributed by atoms with van der Waals surface area (Å²) in [6.45, 7) is 0.368. The molecule has 0 fully saturated rings. The molecule has 12 heavy (non-hydrogen) atoms. The molecule has 0 N–H and O–H groups in total. The smallest absolute Gasteiger partial charge is 0.323 e. The van der Waals surface area contributed by atoms with Crippen molar-refractivity contribution in [1.29, 1.82) is 0 Å². The third-order valence-electron chi connectivity index (χ3n) is 1.54. The van der Waals surface area contributed by atoms with Crippen molar-refractivity contribution in [3.63, 3.8) is 0 Å². The first-order valence-electron chi connectivity index (χ1n) is 3.39. The van der Waals surface area contributed by atoms with Gasteiger partial charge in [0, 0.05) is 25.2 Å². The molecule has 2 amide bonds. The second kappa shape index (κ2) is 3.15. The second-order valence-electron chi connectivity index (χ2n) is 2.56. The van der Waals surface area contributed by atoms with Crippen LogP contribution in [0.4, 0.5) is 4.79 Å². The molecule has 0 aromatic rings. The normalized spacial score (nSPS) is 17.2. The maximum atomic E-state index is 11.1. The summed E-state index contributed by atoms with van der Waals surface area (Å²) in [6.07, 6.45) is 1.53. The molecule has 0 bridgehead atoms. The Kier molecular flexibility index (Phi) is 2.21. The van der Waals surface area contributed by atoms with Gasteiger partial charge in [-0.15, -0.1) is 0 Å². The number of likely N-dealkylation sites (N-methyl/N-ethyl adjacent to an activating group) is 1. The average Bonchev–Trinajstić information content (AvgIpc) is 2.01. The second-order valence-corrected chi connectivity index (χ2v) is 2.56. The summed E-state index contributed by atoms with van der Waals surface area (Å²) in [5.41, 5.74) is 8.70. The quantitative estimate of drug-likeness (QED) is 0.328. The van der Waals surface area contributed by atoms with E-state index >= 15 is 0 Å². The third-order valence-corrected chi connectivity index (χ3v) is 1.54. The highest BCUT2D eigenvalue weighted by molar-refractivity contribution is 5.76. The fourth-order valence-electron chi connectivity index (χ4n) is 1.01. The van der Waals surface area contributed by atoms with E-state index in [1.54, 1.807) is 14.1 Å². The Balaban J connectivity index is 2.88. The lowest BCUT2D eigenvalue weighted by atomic mass is 10.4. The Morgan fingerprint density at radius 1 is 1.67 bits per heavy atom. The molecule has 0 unspecified atom stereocenters. The summed E-state index contributed by atoms with van der Waals surface area (Å²) in [5.74, 6) is 0. The van der Waals surface area contributed by atoms with Gasteiger partial charge in [0.2, 0.25) is 0 Å². The molecule has 0 radical (unpaired) electrons. The minimum Gasteiger partial charge on any atom is -0.323 e. The van der Waals surface area contributed by atoms with E-state index in [0.29, 0.717) is 12.2 Å². The number of azide groups is 1. The van der Waals surface area contributed by atoms with Crippen molar-refractivity contribution in [2.75, 3.05) is 20.6 Å². The van der Waals surface area contributed by atoms with Gasteiger partial charge in [0.25, 0.3) is 0 Å². The highest BCUT2D eigenvalue weighted by Crippen LogP contribution is 2.10. The van der Waals surface area contributed by atoms with Crippen LogP contribution in [-0.4, -0.2) is 36.5 Å². The molecule has 0 aromatic heterocycles. The number of urea groups is 1. The van der Waals surface area contributed by atoms with E-state index in [0.717, 1.165) is 0 Å². The molecular formula is C6H9N5O. The van der Waals surface area contributed by atoms with Crippen LogP contribution in [-0.2, 0) is 0 Å². The fourth-order valence-corrected chi connectivity index (χ4v) is 1.01. The Hall–Kier alpha value is -1.68. The third kappa shape index (κ3) is 1.49. The van der Waals surface area contributed by atoms with Crippen LogP contribution < -0.4 is 0 Å². The zero-order valence-electron chi connectivity index (χ0n) is 6.93. The average molecular weight is 167 g/mol. The summed E-state index contributed by atoms with van der Waals surface area (Å²) >= 11 is 0. The van der Waals surface area contributed by atoms with Gasteiger partial charge < -0.3 is 9.80 Å². The Morgan fingerprint density at radius 3 is 2.83 bits per heavy atom. The molecule has 0 saturated heterocycles. The summed E-state index contributed by atoms with van der Waals surface area (Å²) in [6, 6.07) is -0.105. The number of amides is 2. The van der Waals surface area contributed by atoms with Crippen molar-refractivity contribution in [1.82, 2.24) is 9.80 Å². The van der Waals surface area contributed by atoms with Gasteiger partial charge in [-0.05, 0) is 5.53 Å². The molecule has 1 rings (SSSR count). The minimum atomic E-state index is -0.105. The summed E-state index contributed by atoms with van der Waals surface area (Å²) < 4.78 is 0. The number of rotatable bonds is 1. The van der Waals surface area contributed by atoms with Gasteiger partial charge in [-0.25, -0.2) is 4.79 Å². The summed E-state index contributed by atoms with van der Waals surface area (Å²) in [4.78, 5) is 16.7. The Labute approximate surface area is 69.7 Å². The van der Waals surface area contributed by atoms with Crippen LogP contribution in [0.25, 0.3) is 10.4 Å². The van der Waals surface area contributed by atoms with Crippen LogP contribution in [0.5, 0.6) is 0 Å². The highest BCUT2D eigenvalue weighted by atomic mass is 16.2. The first-order chi connectivity index (χ1) is 5.65. The Morgan fingerprint density at radius 2 is 2.33 bits per heavy atom. The van der Waals surface area contributed by atoms with Crippen LogP contribution in [0.15, 0.2) is 17.0 Å². The Bertz CT molecular complexity index is 278. The highest BCUT2D eigenvalue weighted by Gasteiger charge is 2.18. The SMILES string of the molecule is CN1C=C(N=[N+]=[N-])CN(C)C1=O. The molecule has 6 heteroatoms. The van der Waals surface area contributed by atoms with Crippen molar-refractivity contribution >= 4 is 6.03 Å². The standard InChI is InChI=1S/C6H9N5O/c1-10-3-5(8-9-7)4-11(2)6(10)12/h3H,4H2,1-2H3. The number of carbonyl (C=O) groups excluding carboxylic acids is 1. The van der Waals surface area contributed by atoms with E-state index in [1.807, 2.05) is 0 Å². The monoisotopic (exact) mass is 167 g/mol. The lowest BCUT2D eigenvalue weighted by molar-refractivity contribution is 0.184. The zero-order valence-corrected chi connectivity index (χ0v) is 6.93. The molecule has 0 aromatic carbocycles. The molecule has 1 heterocycles. The van der Waals surface area contributed by atoms with Gasteiger partial charge in [-0.1, -0.05) is 5.11 Å². The van der Waals surface area contributed by atoms with Crippen LogP contribution in [0.3, 0.4) is 0 Å². The van der Waals surface area contributed by atoms with Crippen molar-refractivity contribution in [3.05, 3.63) is 22.3 Å². The van der Waals surface area contributed by atoms with E-state index < -0.39 is 0 Å². The molecule has 6 nitrogen and oxygen atoms in total. The zero-order chi connectivity index (χ0) is 9.14. The summed E-state index contributed by atoms with van der Waals surface area (Å²) in [5, 5.41) is 3.42. The molecule has 1 aliphatic heterocycles. The van der Waals surface area contributed by atoms with Crippen molar-refractivity contribution in [2.45, 2.75) is 0 Å². The molecule has 64 valence electrons. The molecule has 0 aliphatic carbocycles. The van der Waals surface area contributed by atoms with Crippen LogP contribution >= 0.6 is 0 Å². The lowest BCUT2D eigenvalue weighted by Crippen LogP contribution is -2.40. The molecule has 1 aliphatic rings. The largest absolute Gasteiger partial charge is 0.323 e.